The summed E-state index contributed by atoms with van der Waals surface area (Å²) < 4.78 is 7.73. The molecular formula is C20H22N2O2. The predicted molar refractivity (Wildman–Crippen MR) is 92.6 cm³/mol. The Morgan fingerprint density at radius 2 is 2.12 bits per heavy atom. The Balaban J connectivity index is 1.59. The molecule has 24 heavy (non-hydrogen) atoms. The number of aryl methyl sites for hydroxylation is 1. The molecule has 0 saturated carbocycles. The van der Waals surface area contributed by atoms with Crippen molar-refractivity contribution in [1.29, 1.82) is 0 Å². The Kier molecular flexibility index (Phi) is 3.10. The summed E-state index contributed by atoms with van der Waals surface area (Å²) >= 11 is 0. The van der Waals surface area contributed by atoms with Crippen LogP contribution >= 0.6 is 0 Å². The van der Waals surface area contributed by atoms with E-state index in [1.807, 2.05) is 0 Å². The van der Waals surface area contributed by atoms with Crippen LogP contribution in [0.2, 0.25) is 0 Å². The number of hydrogen-bond donors (Lipinski definition) is 0. The average molecular weight is 322 g/mol. The highest BCUT2D eigenvalue weighted by atomic mass is 16.5. The predicted octanol–water partition coefficient (Wildman–Crippen LogP) is 2.83. The standard InChI is InChI=1S/C20H22N2O2/c1-21-17-5-3-2-4-15(17)16-8-9-22-11-14-12-24-19(23)7-6-13(14)10-18(22)20(16)21/h2-7,13-14,18H,8-12H2,1H3. The molecule has 1 saturated heterocycles. The van der Waals surface area contributed by atoms with Crippen LogP contribution in [-0.2, 0) is 23.0 Å². The first-order valence-electron chi connectivity index (χ1n) is 8.87. The molecule has 3 aliphatic heterocycles. The molecule has 0 amide bonds. The summed E-state index contributed by atoms with van der Waals surface area (Å²) in [5.41, 5.74) is 4.34. The van der Waals surface area contributed by atoms with Crippen molar-refractivity contribution in [1.82, 2.24) is 9.47 Å². The third-order valence-electron chi connectivity index (χ3n) is 6.16. The molecule has 0 bridgehead atoms. The van der Waals surface area contributed by atoms with Gasteiger partial charge >= 0.3 is 5.97 Å². The smallest absolute Gasteiger partial charge is 0.330 e. The highest BCUT2D eigenvalue weighted by Gasteiger charge is 2.41. The first-order valence-corrected chi connectivity index (χ1v) is 8.87. The van der Waals surface area contributed by atoms with Crippen LogP contribution in [0.1, 0.15) is 23.7 Å². The lowest BCUT2D eigenvalue weighted by Crippen LogP contribution is -2.47. The quantitative estimate of drug-likeness (QED) is 0.700. The number of rotatable bonds is 0. The topological polar surface area (TPSA) is 34.5 Å². The lowest BCUT2D eigenvalue weighted by atomic mass is 9.78. The molecule has 3 atom stereocenters. The molecule has 1 aromatic heterocycles. The summed E-state index contributed by atoms with van der Waals surface area (Å²) in [5, 5.41) is 1.41. The van der Waals surface area contributed by atoms with E-state index in [9.17, 15) is 4.79 Å². The van der Waals surface area contributed by atoms with Gasteiger partial charge in [-0.05, 0) is 30.4 Å². The van der Waals surface area contributed by atoms with Gasteiger partial charge in [0.25, 0.3) is 0 Å². The number of fused-ring (bicyclic) bond motifs is 6. The fourth-order valence-corrected chi connectivity index (χ4v) is 4.98. The number of para-hydroxylation sites is 1. The lowest BCUT2D eigenvalue weighted by molar-refractivity contribution is -0.139. The number of carbonyl (C=O) groups excluding carboxylic acids is 1. The van der Waals surface area contributed by atoms with E-state index in [0.717, 1.165) is 25.9 Å². The SMILES string of the molecule is Cn1c2c(c3ccccc31)CCN1CC3COC(=O)C=CC3CC21. The monoisotopic (exact) mass is 322 g/mol. The van der Waals surface area contributed by atoms with Crippen molar-refractivity contribution in [3.05, 3.63) is 47.7 Å². The molecule has 5 rings (SSSR count). The van der Waals surface area contributed by atoms with E-state index in [0.29, 0.717) is 24.5 Å². The Bertz CT molecular complexity index is 851. The Labute approximate surface area is 141 Å². The van der Waals surface area contributed by atoms with Crippen molar-refractivity contribution in [2.45, 2.75) is 18.9 Å². The minimum atomic E-state index is -0.187. The van der Waals surface area contributed by atoms with Gasteiger partial charge in [-0.15, -0.1) is 0 Å². The van der Waals surface area contributed by atoms with Crippen molar-refractivity contribution in [3.8, 4) is 0 Å². The number of ether oxygens (including phenoxy) is 1. The van der Waals surface area contributed by atoms with E-state index in [-0.39, 0.29) is 5.97 Å². The molecule has 4 heteroatoms. The van der Waals surface area contributed by atoms with E-state index in [2.05, 4.69) is 46.9 Å². The number of nitrogens with zero attached hydrogens (tertiary/aromatic N) is 2. The van der Waals surface area contributed by atoms with Gasteiger partial charge in [0.15, 0.2) is 0 Å². The molecular weight excluding hydrogens is 300 g/mol. The van der Waals surface area contributed by atoms with Crippen LogP contribution in [0.4, 0.5) is 0 Å². The summed E-state index contributed by atoms with van der Waals surface area (Å²) in [6.07, 6.45) is 5.91. The maximum absolute atomic E-state index is 11.6. The molecule has 4 nitrogen and oxygen atoms in total. The molecule has 1 aromatic carbocycles. The van der Waals surface area contributed by atoms with Crippen LogP contribution < -0.4 is 0 Å². The normalized spacial score (nSPS) is 29.5. The highest BCUT2D eigenvalue weighted by molar-refractivity contribution is 5.86. The van der Waals surface area contributed by atoms with Crippen molar-refractivity contribution in [2.75, 3.05) is 19.7 Å². The minimum Gasteiger partial charge on any atom is -0.462 e. The second-order valence-corrected chi connectivity index (χ2v) is 7.35. The molecule has 4 heterocycles. The third-order valence-corrected chi connectivity index (χ3v) is 6.16. The molecule has 2 aromatic rings. The van der Waals surface area contributed by atoms with Gasteiger partial charge in [-0.3, -0.25) is 4.90 Å². The van der Waals surface area contributed by atoms with Crippen LogP contribution in [0.3, 0.4) is 0 Å². The lowest BCUT2D eigenvalue weighted by Gasteiger charge is -2.45. The molecule has 0 spiro atoms. The zero-order valence-corrected chi connectivity index (χ0v) is 13.9. The molecule has 3 aliphatic rings. The van der Waals surface area contributed by atoms with E-state index in [1.165, 1.54) is 22.2 Å². The number of hydrogen-bond acceptors (Lipinski definition) is 3. The number of allylic oxidation sites excluding steroid dienone is 1. The van der Waals surface area contributed by atoms with Crippen LogP contribution in [0.5, 0.6) is 0 Å². The molecule has 0 radical (unpaired) electrons. The molecule has 124 valence electrons. The van der Waals surface area contributed by atoms with Gasteiger partial charge in [0.2, 0.25) is 0 Å². The van der Waals surface area contributed by atoms with Gasteiger partial charge < -0.3 is 9.30 Å². The Morgan fingerprint density at radius 3 is 3.04 bits per heavy atom. The summed E-state index contributed by atoms with van der Waals surface area (Å²) in [7, 11) is 2.20. The molecule has 0 aliphatic carbocycles. The molecule has 1 fully saturated rings. The van der Waals surface area contributed by atoms with Gasteiger partial charge in [0, 0.05) is 48.7 Å². The van der Waals surface area contributed by atoms with Crippen LogP contribution in [0, 0.1) is 11.8 Å². The summed E-state index contributed by atoms with van der Waals surface area (Å²) in [6, 6.07) is 9.20. The number of carbonyl (C=O) groups is 1. The van der Waals surface area contributed by atoms with E-state index in [4.69, 9.17) is 4.74 Å². The van der Waals surface area contributed by atoms with Crippen LogP contribution in [-0.4, -0.2) is 35.1 Å². The summed E-state index contributed by atoms with van der Waals surface area (Å²) in [4.78, 5) is 14.2. The zero-order chi connectivity index (χ0) is 16.3. The number of cyclic esters (lactones) is 1. The largest absolute Gasteiger partial charge is 0.462 e. The van der Waals surface area contributed by atoms with Gasteiger partial charge in [0.05, 0.1) is 12.6 Å². The van der Waals surface area contributed by atoms with Crippen molar-refractivity contribution >= 4 is 16.9 Å². The first-order chi connectivity index (χ1) is 11.7. The fraction of sp³-hybridized carbons (Fsp3) is 0.450. The Hall–Kier alpha value is -2.07. The maximum Gasteiger partial charge on any atom is 0.330 e. The maximum atomic E-state index is 11.6. The van der Waals surface area contributed by atoms with Crippen molar-refractivity contribution in [3.63, 3.8) is 0 Å². The van der Waals surface area contributed by atoms with Crippen molar-refractivity contribution in [2.24, 2.45) is 18.9 Å². The van der Waals surface area contributed by atoms with Crippen LogP contribution in [0.15, 0.2) is 36.4 Å². The van der Waals surface area contributed by atoms with Gasteiger partial charge in [-0.25, -0.2) is 4.79 Å². The number of benzene rings is 1. The number of piperidine rings is 1. The molecule has 3 unspecified atom stereocenters. The second-order valence-electron chi connectivity index (χ2n) is 7.35. The van der Waals surface area contributed by atoms with Crippen LogP contribution in [0.25, 0.3) is 10.9 Å². The molecule has 0 N–H and O–H groups in total. The average Bonchev–Trinajstić information content (AvgIpc) is 2.78. The zero-order valence-electron chi connectivity index (χ0n) is 13.9. The fourth-order valence-electron chi connectivity index (χ4n) is 4.98. The number of esters is 1. The second kappa shape index (κ2) is 5.21. The van der Waals surface area contributed by atoms with E-state index in [1.54, 1.807) is 6.08 Å². The summed E-state index contributed by atoms with van der Waals surface area (Å²) in [6.45, 7) is 2.68. The Morgan fingerprint density at radius 1 is 1.25 bits per heavy atom. The van der Waals surface area contributed by atoms with Gasteiger partial charge in [-0.1, -0.05) is 24.3 Å². The summed E-state index contributed by atoms with van der Waals surface area (Å²) in [5.74, 6) is 0.675. The first kappa shape index (κ1) is 14.3. The minimum absolute atomic E-state index is 0.187. The third kappa shape index (κ3) is 1.99. The highest BCUT2D eigenvalue weighted by Crippen LogP contribution is 2.44. The van der Waals surface area contributed by atoms with E-state index >= 15 is 0 Å². The van der Waals surface area contributed by atoms with Gasteiger partial charge in [0.1, 0.15) is 0 Å². The van der Waals surface area contributed by atoms with Gasteiger partial charge in [-0.2, -0.15) is 0 Å². The van der Waals surface area contributed by atoms with Crippen molar-refractivity contribution < 1.29 is 9.53 Å². The number of aromatic nitrogens is 1. The van der Waals surface area contributed by atoms with E-state index < -0.39 is 0 Å².